The Hall–Kier alpha value is -0.470. The number of ketones is 1. The second-order valence-electron chi connectivity index (χ2n) is 6.39. The van der Waals surface area contributed by atoms with E-state index in [0.29, 0.717) is 5.69 Å². The van der Waals surface area contributed by atoms with Gasteiger partial charge in [0.1, 0.15) is 20.2 Å². The summed E-state index contributed by atoms with van der Waals surface area (Å²) < 4.78 is 69.7. The quantitative estimate of drug-likeness (QED) is 0.230. The normalized spacial score (nSPS) is 11.1. The molecule has 0 saturated carbocycles. The average Bonchev–Trinajstić information content (AvgIpc) is 2.58. The maximum absolute atomic E-state index is 12.8. The van der Waals surface area contributed by atoms with Gasteiger partial charge in [-0.15, -0.1) is 0 Å². The van der Waals surface area contributed by atoms with Gasteiger partial charge in [0.25, 0.3) is 0 Å². The van der Waals surface area contributed by atoms with Crippen LogP contribution in [-0.2, 0) is 20.2 Å². The maximum atomic E-state index is 12.8. The Balaban J connectivity index is 0.00000420. The standard InChI is InChI=1S/C17H20N2O7S2.2Na/c1-18(2)12-6-7-13(15(10-12)27(21,22)23)17(20)11-5-8-14(19(3)4)16(9-11)28(24,25)26;;/h5-10H,1-4H3,(H,21,22,23)(H,24,25,26);;/q;2*+1/p-2. The van der Waals surface area contributed by atoms with Crippen LogP contribution in [0.25, 0.3) is 0 Å². The fraction of sp³-hybridized carbons (Fsp3) is 0.235. The van der Waals surface area contributed by atoms with E-state index in [4.69, 9.17) is 0 Å². The van der Waals surface area contributed by atoms with Gasteiger partial charge in [0.05, 0.1) is 15.5 Å². The molecule has 0 radical (unpaired) electrons. The van der Waals surface area contributed by atoms with Crippen molar-refractivity contribution in [1.29, 1.82) is 0 Å². The van der Waals surface area contributed by atoms with Crippen LogP contribution in [0.1, 0.15) is 15.9 Å². The van der Waals surface area contributed by atoms with Gasteiger partial charge in [-0.1, -0.05) is 0 Å². The van der Waals surface area contributed by atoms with Crippen LogP contribution in [0.5, 0.6) is 0 Å². The molecule has 0 bridgehead atoms. The van der Waals surface area contributed by atoms with Crippen molar-refractivity contribution in [3.63, 3.8) is 0 Å². The number of hydrogen-bond donors (Lipinski definition) is 0. The zero-order valence-corrected chi connectivity index (χ0v) is 23.2. The van der Waals surface area contributed by atoms with Crippen LogP contribution >= 0.6 is 0 Å². The van der Waals surface area contributed by atoms with Gasteiger partial charge in [0, 0.05) is 45.0 Å². The van der Waals surface area contributed by atoms with Gasteiger partial charge < -0.3 is 18.9 Å². The van der Waals surface area contributed by atoms with Crippen molar-refractivity contribution in [3.05, 3.63) is 47.5 Å². The van der Waals surface area contributed by atoms with Crippen molar-refractivity contribution in [2.24, 2.45) is 0 Å². The molecule has 9 nitrogen and oxygen atoms in total. The summed E-state index contributed by atoms with van der Waals surface area (Å²) >= 11 is 0. The van der Waals surface area contributed by atoms with E-state index in [1.807, 2.05) is 0 Å². The second kappa shape index (κ2) is 10.9. The predicted molar refractivity (Wildman–Crippen MR) is 101 cm³/mol. The summed E-state index contributed by atoms with van der Waals surface area (Å²) in [5, 5.41) is 0. The third-order valence-electron chi connectivity index (χ3n) is 3.97. The molecule has 0 amide bonds. The molecule has 2 rings (SSSR count). The minimum atomic E-state index is -4.99. The van der Waals surface area contributed by atoms with E-state index in [-0.39, 0.29) is 70.4 Å². The summed E-state index contributed by atoms with van der Waals surface area (Å²) in [6, 6.07) is 7.08. The van der Waals surface area contributed by atoms with E-state index in [1.54, 1.807) is 19.0 Å². The van der Waals surface area contributed by atoms with E-state index in [9.17, 15) is 30.7 Å². The van der Waals surface area contributed by atoms with Crippen molar-refractivity contribution < 1.29 is 89.9 Å². The van der Waals surface area contributed by atoms with Crippen molar-refractivity contribution in [2.45, 2.75) is 9.79 Å². The summed E-state index contributed by atoms with van der Waals surface area (Å²) in [5.74, 6) is -0.894. The molecule has 2 aromatic carbocycles. The first-order valence-corrected chi connectivity index (χ1v) is 10.6. The van der Waals surface area contributed by atoms with Crippen LogP contribution in [0, 0.1) is 0 Å². The van der Waals surface area contributed by atoms with Crippen molar-refractivity contribution in [2.75, 3.05) is 38.0 Å². The van der Waals surface area contributed by atoms with Crippen LogP contribution < -0.4 is 68.9 Å². The molecule has 0 spiro atoms. The van der Waals surface area contributed by atoms with Gasteiger partial charge >= 0.3 is 59.1 Å². The summed E-state index contributed by atoms with van der Waals surface area (Å²) in [7, 11) is -3.59. The first kappa shape index (κ1) is 29.5. The number of anilines is 2. The monoisotopic (exact) mass is 472 g/mol. The number of carbonyl (C=O) groups is 1. The first-order valence-electron chi connectivity index (χ1n) is 7.82. The molecule has 0 aliphatic heterocycles. The molecule has 0 fully saturated rings. The Kier molecular flexibility index (Phi) is 10.7. The van der Waals surface area contributed by atoms with Crippen LogP contribution in [0.3, 0.4) is 0 Å². The fourth-order valence-corrected chi connectivity index (χ4v) is 4.04. The van der Waals surface area contributed by atoms with E-state index in [1.165, 1.54) is 43.3 Å². The Morgan fingerprint density at radius 1 is 0.767 bits per heavy atom. The van der Waals surface area contributed by atoms with Gasteiger partial charge in [-0.3, -0.25) is 4.79 Å². The largest absolute Gasteiger partial charge is 1.00 e. The molecule has 0 aromatic heterocycles. The zero-order valence-electron chi connectivity index (χ0n) is 17.5. The van der Waals surface area contributed by atoms with Crippen molar-refractivity contribution in [3.8, 4) is 0 Å². The fourth-order valence-electron chi connectivity index (χ4n) is 2.56. The van der Waals surface area contributed by atoms with E-state index in [0.717, 1.165) is 12.1 Å². The predicted octanol–water partition coefficient (Wildman–Crippen LogP) is -5.13. The second-order valence-corrected chi connectivity index (χ2v) is 9.09. The third-order valence-corrected chi connectivity index (χ3v) is 5.71. The van der Waals surface area contributed by atoms with Crippen LogP contribution in [0.4, 0.5) is 11.4 Å². The number of nitrogens with zero attached hydrogens (tertiary/aromatic N) is 2. The summed E-state index contributed by atoms with van der Waals surface area (Å²) in [6.07, 6.45) is 0. The zero-order chi connectivity index (χ0) is 21.4. The van der Waals surface area contributed by atoms with Gasteiger partial charge in [-0.25, -0.2) is 16.8 Å². The minimum absolute atomic E-state index is 0. The average molecular weight is 472 g/mol. The summed E-state index contributed by atoms with van der Waals surface area (Å²) in [4.78, 5) is 14.4. The van der Waals surface area contributed by atoms with Gasteiger partial charge in [-0.2, -0.15) is 0 Å². The molecular formula is C17H18N2Na2O7S2. The molecule has 0 heterocycles. The molecule has 30 heavy (non-hydrogen) atoms. The molecule has 0 saturated heterocycles. The molecule has 0 atom stereocenters. The molecule has 2 aromatic rings. The molecule has 0 aliphatic carbocycles. The van der Waals surface area contributed by atoms with Crippen LogP contribution in [0.15, 0.2) is 46.2 Å². The first-order chi connectivity index (χ1) is 12.7. The van der Waals surface area contributed by atoms with Gasteiger partial charge in [-0.05, 0) is 36.4 Å². The van der Waals surface area contributed by atoms with Crippen molar-refractivity contribution >= 4 is 37.4 Å². The maximum Gasteiger partial charge on any atom is 1.00 e. The minimum Gasteiger partial charge on any atom is -0.744 e. The Morgan fingerprint density at radius 2 is 1.30 bits per heavy atom. The van der Waals surface area contributed by atoms with E-state index in [2.05, 4.69) is 0 Å². The smallest absolute Gasteiger partial charge is 0.744 e. The molecule has 0 N–H and O–H groups in total. The SMILES string of the molecule is CN(C)c1ccc(C(=O)c2ccc(N(C)C)c(S(=O)(=O)[O-])c2)c(S(=O)(=O)[O-])c1.[Na+].[Na+]. The number of benzene rings is 2. The number of carbonyl (C=O) groups excluding carboxylic acids is 1. The third kappa shape index (κ3) is 6.76. The molecule has 0 unspecified atom stereocenters. The molecule has 13 heteroatoms. The summed E-state index contributed by atoms with van der Waals surface area (Å²) in [6.45, 7) is 0. The van der Waals surface area contributed by atoms with Gasteiger partial charge in [0.15, 0.2) is 5.78 Å². The van der Waals surface area contributed by atoms with Gasteiger partial charge in [0.2, 0.25) is 0 Å². The topological polar surface area (TPSA) is 138 Å². The molecular weight excluding hydrogens is 454 g/mol. The molecule has 152 valence electrons. The summed E-state index contributed by atoms with van der Waals surface area (Å²) in [5.41, 5.74) is -0.182. The van der Waals surface area contributed by atoms with E-state index >= 15 is 0 Å². The van der Waals surface area contributed by atoms with Crippen molar-refractivity contribution in [1.82, 2.24) is 0 Å². The Bertz CT molecular complexity index is 1150. The number of hydrogen-bond acceptors (Lipinski definition) is 9. The Morgan fingerprint density at radius 3 is 1.73 bits per heavy atom. The van der Waals surface area contributed by atoms with Crippen LogP contribution in [-0.4, -0.2) is 59.9 Å². The van der Waals surface area contributed by atoms with E-state index < -0.39 is 41.4 Å². The molecule has 0 aliphatic rings. The number of rotatable bonds is 6. The van der Waals surface area contributed by atoms with Crippen LogP contribution in [0.2, 0.25) is 0 Å². The Labute approximate surface area is 220 Å².